The summed E-state index contributed by atoms with van der Waals surface area (Å²) >= 11 is 0. The maximum absolute atomic E-state index is 13.6. The van der Waals surface area contributed by atoms with Crippen molar-refractivity contribution in [2.24, 2.45) is 0 Å². The Kier molecular flexibility index (Phi) is 2.40. The zero-order valence-electron chi connectivity index (χ0n) is 9.42. The second-order valence-electron chi connectivity index (χ2n) is 3.90. The number of aromatic nitrogens is 4. The van der Waals surface area contributed by atoms with Crippen molar-refractivity contribution in [1.82, 2.24) is 19.5 Å². The summed E-state index contributed by atoms with van der Waals surface area (Å²) in [6.45, 7) is 0.342. The summed E-state index contributed by atoms with van der Waals surface area (Å²) in [6.07, 6.45) is 2.96. The van der Waals surface area contributed by atoms with E-state index in [9.17, 15) is 4.39 Å². The number of benzene rings is 1. The summed E-state index contributed by atoms with van der Waals surface area (Å²) in [4.78, 5) is 12.2. The first kappa shape index (κ1) is 10.6. The van der Waals surface area contributed by atoms with Gasteiger partial charge in [-0.15, -0.1) is 0 Å². The van der Waals surface area contributed by atoms with Crippen molar-refractivity contribution in [3.05, 3.63) is 48.3 Å². The van der Waals surface area contributed by atoms with Gasteiger partial charge in [-0.1, -0.05) is 18.2 Å². The number of hydrogen-bond donors (Lipinski definition) is 1. The number of rotatable bonds is 2. The quantitative estimate of drug-likeness (QED) is 0.741. The number of nitrogens with two attached hydrogens (primary N) is 1. The summed E-state index contributed by atoms with van der Waals surface area (Å²) in [5.41, 5.74) is 6.80. The average Bonchev–Trinajstić information content (AvgIpc) is 2.85. The van der Waals surface area contributed by atoms with E-state index < -0.39 is 0 Å². The molecule has 0 spiro atoms. The van der Waals surface area contributed by atoms with E-state index in [1.165, 1.54) is 12.4 Å². The van der Waals surface area contributed by atoms with E-state index in [1.54, 1.807) is 29.1 Å². The molecule has 0 bridgehead atoms. The number of nitrogen functional groups attached to an aromatic ring is 1. The van der Waals surface area contributed by atoms with Crippen LogP contribution in [0.1, 0.15) is 5.56 Å². The first-order chi connectivity index (χ1) is 8.75. The molecule has 6 heteroatoms. The lowest BCUT2D eigenvalue weighted by Gasteiger charge is -2.11. The summed E-state index contributed by atoms with van der Waals surface area (Å²) in [7, 11) is 0. The van der Waals surface area contributed by atoms with Gasteiger partial charge in [0.1, 0.15) is 17.8 Å². The van der Waals surface area contributed by atoms with E-state index >= 15 is 0 Å². The SMILES string of the molecule is Nc1ncn(Cc2ccccc2F)c2ncnc1-2. The molecule has 1 aromatic rings. The van der Waals surface area contributed by atoms with Gasteiger partial charge in [0.15, 0.2) is 11.6 Å². The van der Waals surface area contributed by atoms with Crippen molar-refractivity contribution in [3.8, 4) is 11.5 Å². The molecular formula is C12H10FN5. The minimum Gasteiger partial charge on any atom is -0.382 e. The molecule has 0 aromatic heterocycles. The van der Waals surface area contributed by atoms with Crippen molar-refractivity contribution in [3.63, 3.8) is 0 Å². The fraction of sp³-hybridized carbons (Fsp3) is 0.0833. The van der Waals surface area contributed by atoms with Crippen LogP contribution in [-0.4, -0.2) is 19.5 Å². The first-order valence-corrected chi connectivity index (χ1v) is 5.40. The van der Waals surface area contributed by atoms with Gasteiger partial charge < -0.3 is 10.3 Å². The Morgan fingerprint density at radius 3 is 2.83 bits per heavy atom. The zero-order valence-corrected chi connectivity index (χ0v) is 9.42. The molecule has 18 heavy (non-hydrogen) atoms. The van der Waals surface area contributed by atoms with Crippen LogP contribution < -0.4 is 5.73 Å². The fourth-order valence-electron chi connectivity index (χ4n) is 1.82. The lowest BCUT2D eigenvalue weighted by atomic mass is 10.2. The molecule has 0 saturated heterocycles. The molecule has 0 atom stereocenters. The Hall–Kier alpha value is -2.50. The number of imidazole rings is 1. The number of fused-ring (bicyclic) bond motifs is 1. The molecule has 2 aliphatic heterocycles. The molecule has 90 valence electrons. The van der Waals surface area contributed by atoms with Crippen molar-refractivity contribution in [1.29, 1.82) is 0 Å². The van der Waals surface area contributed by atoms with Crippen LogP contribution in [0.25, 0.3) is 11.5 Å². The maximum Gasteiger partial charge on any atom is 0.165 e. The Morgan fingerprint density at radius 1 is 1.17 bits per heavy atom. The summed E-state index contributed by atoms with van der Waals surface area (Å²) in [5.74, 6) is 0.674. The van der Waals surface area contributed by atoms with Crippen LogP contribution in [0.2, 0.25) is 0 Å². The number of anilines is 1. The van der Waals surface area contributed by atoms with Gasteiger partial charge in [-0.2, -0.15) is 0 Å². The van der Waals surface area contributed by atoms with E-state index in [0.29, 0.717) is 29.4 Å². The van der Waals surface area contributed by atoms with Gasteiger partial charge >= 0.3 is 0 Å². The van der Waals surface area contributed by atoms with Gasteiger partial charge in [-0.3, -0.25) is 0 Å². The Labute approximate surface area is 102 Å². The molecule has 5 nitrogen and oxygen atoms in total. The monoisotopic (exact) mass is 243 g/mol. The molecule has 2 N–H and O–H groups in total. The smallest absolute Gasteiger partial charge is 0.165 e. The Bertz CT molecular complexity index is 663. The number of halogens is 1. The third-order valence-electron chi connectivity index (χ3n) is 2.73. The molecule has 3 rings (SSSR count). The molecule has 2 heterocycles. The van der Waals surface area contributed by atoms with E-state index in [4.69, 9.17) is 5.73 Å². The van der Waals surface area contributed by atoms with Crippen LogP contribution in [0.4, 0.5) is 10.2 Å². The van der Waals surface area contributed by atoms with Crippen molar-refractivity contribution >= 4 is 5.82 Å². The first-order valence-electron chi connectivity index (χ1n) is 5.40. The second kappa shape index (κ2) is 4.06. The van der Waals surface area contributed by atoms with Gasteiger partial charge in [-0.25, -0.2) is 19.3 Å². The molecule has 0 amide bonds. The topological polar surface area (TPSA) is 69.6 Å². The molecule has 2 aliphatic rings. The van der Waals surface area contributed by atoms with Gasteiger partial charge in [0.25, 0.3) is 0 Å². The van der Waals surface area contributed by atoms with Gasteiger partial charge in [0, 0.05) is 5.56 Å². The maximum atomic E-state index is 13.6. The summed E-state index contributed by atoms with van der Waals surface area (Å²) < 4.78 is 15.3. The lowest BCUT2D eigenvalue weighted by Crippen LogP contribution is -2.10. The molecule has 0 radical (unpaired) electrons. The zero-order chi connectivity index (χ0) is 12.5. The van der Waals surface area contributed by atoms with E-state index in [0.717, 1.165) is 0 Å². The van der Waals surface area contributed by atoms with E-state index in [-0.39, 0.29) is 5.82 Å². The minimum atomic E-state index is -0.255. The lowest BCUT2D eigenvalue weighted by molar-refractivity contribution is 0.597. The highest BCUT2D eigenvalue weighted by Gasteiger charge is 2.15. The molecule has 0 unspecified atom stereocenters. The van der Waals surface area contributed by atoms with Crippen LogP contribution >= 0.6 is 0 Å². The third kappa shape index (κ3) is 1.67. The highest BCUT2D eigenvalue weighted by atomic mass is 19.1. The largest absolute Gasteiger partial charge is 0.382 e. The van der Waals surface area contributed by atoms with Crippen LogP contribution in [0.15, 0.2) is 36.9 Å². The average molecular weight is 243 g/mol. The standard InChI is InChI=1S/C12H10FN5/c13-9-4-2-1-3-8(9)5-18-7-17-11(14)10-12(18)16-6-15-10/h1-4,6-7H,5,14H2. The summed E-state index contributed by atoms with van der Waals surface area (Å²) in [6, 6.07) is 6.59. The van der Waals surface area contributed by atoms with Crippen molar-refractivity contribution in [2.45, 2.75) is 6.54 Å². The number of nitrogens with zero attached hydrogens (tertiary/aromatic N) is 4. The van der Waals surface area contributed by atoms with Crippen molar-refractivity contribution in [2.75, 3.05) is 5.73 Å². The van der Waals surface area contributed by atoms with Crippen LogP contribution in [0, 0.1) is 5.82 Å². The molecule has 1 aromatic carbocycles. The predicted molar refractivity (Wildman–Crippen MR) is 64.4 cm³/mol. The molecule has 0 fully saturated rings. The number of hydrogen-bond acceptors (Lipinski definition) is 4. The Morgan fingerprint density at radius 2 is 2.00 bits per heavy atom. The molecule has 0 aliphatic carbocycles. The van der Waals surface area contributed by atoms with Gasteiger partial charge in [0.2, 0.25) is 0 Å². The highest BCUT2D eigenvalue weighted by Crippen LogP contribution is 2.22. The van der Waals surface area contributed by atoms with Gasteiger partial charge in [-0.05, 0) is 6.07 Å². The van der Waals surface area contributed by atoms with Crippen LogP contribution in [0.5, 0.6) is 0 Å². The highest BCUT2D eigenvalue weighted by molar-refractivity contribution is 5.64. The molecule has 0 saturated carbocycles. The third-order valence-corrected chi connectivity index (χ3v) is 2.73. The van der Waals surface area contributed by atoms with Crippen LogP contribution in [0.3, 0.4) is 0 Å². The summed E-state index contributed by atoms with van der Waals surface area (Å²) in [5, 5.41) is 0. The minimum absolute atomic E-state index is 0.255. The second-order valence-corrected chi connectivity index (χ2v) is 3.90. The van der Waals surface area contributed by atoms with E-state index in [2.05, 4.69) is 15.0 Å². The Balaban J connectivity index is 2.04. The van der Waals surface area contributed by atoms with Gasteiger partial charge in [0.05, 0.1) is 12.9 Å². The van der Waals surface area contributed by atoms with Crippen LogP contribution in [-0.2, 0) is 6.54 Å². The molecular weight excluding hydrogens is 233 g/mol. The normalized spacial score (nSPS) is 10.9. The van der Waals surface area contributed by atoms with Crippen molar-refractivity contribution < 1.29 is 4.39 Å². The predicted octanol–water partition coefficient (Wildman–Crippen LogP) is 1.55. The fourth-order valence-corrected chi connectivity index (χ4v) is 1.82. The van der Waals surface area contributed by atoms with E-state index in [1.807, 2.05) is 0 Å².